The van der Waals surface area contributed by atoms with Gasteiger partial charge in [0.2, 0.25) is 0 Å². The number of carbonyl (C=O) groups is 1. The van der Waals surface area contributed by atoms with Gasteiger partial charge in [0, 0.05) is 28.4 Å². The van der Waals surface area contributed by atoms with Gasteiger partial charge in [0.1, 0.15) is 0 Å². The Morgan fingerprint density at radius 1 is 1.38 bits per heavy atom. The summed E-state index contributed by atoms with van der Waals surface area (Å²) in [5, 5.41) is 11.8. The maximum absolute atomic E-state index is 12.1. The van der Waals surface area contributed by atoms with E-state index in [0.717, 1.165) is 5.69 Å². The highest BCUT2D eigenvalue weighted by Crippen LogP contribution is 2.32. The predicted molar refractivity (Wildman–Crippen MR) is 89.9 cm³/mol. The lowest BCUT2D eigenvalue weighted by Gasteiger charge is -2.21. The largest absolute Gasteiger partial charge is 0.395 e. The van der Waals surface area contributed by atoms with Crippen molar-refractivity contribution in [3.63, 3.8) is 0 Å². The maximum Gasteiger partial charge on any atom is 0.322 e. The van der Waals surface area contributed by atoms with Gasteiger partial charge in [-0.1, -0.05) is 26.8 Å². The van der Waals surface area contributed by atoms with Crippen LogP contribution in [0.1, 0.15) is 20.8 Å². The van der Waals surface area contributed by atoms with Crippen LogP contribution in [0, 0.1) is 0 Å². The molecule has 116 valence electrons. The van der Waals surface area contributed by atoms with Crippen LogP contribution in [0.5, 0.6) is 0 Å². The number of aliphatic hydroxyl groups excluding tert-OH is 1. The summed E-state index contributed by atoms with van der Waals surface area (Å²) in [5.74, 6) is 0. The van der Waals surface area contributed by atoms with Gasteiger partial charge in [0.15, 0.2) is 0 Å². The number of amides is 2. The molecule has 0 saturated heterocycles. The molecular formula is C16H24N2O2S. The van der Waals surface area contributed by atoms with Crippen LogP contribution in [-0.4, -0.2) is 40.5 Å². The Hall–Kier alpha value is -1.46. The minimum atomic E-state index is -0.236. The number of hydrogen-bond acceptors (Lipinski definition) is 3. The fraction of sp³-hybridized carbons (Fsp3) is 0.438. The Labute approximate surface area is 131 Å². The first-order valence-corrected chi connectivity index (χ1v) is 7.74. The van der Waals surface area contributed by atoms with Crippen molar-refractivity contribution in [1.82, 2.24) is 4.90 Å². The van der Waals surface area contributed by atoms with Gasteiger partial charge in [0.05, 0.1) is 6.61 Å². The molecule has 4 nitrogen and oxygen atoms in total. The van der Waals surface area contributed by atoms with Gasteiger partial charge in [-0.05, 0) is 24.3 Å². The summed E-state index contributed by atoms with van der Waals surface area (Å²) >= 11 is 1.78. The zero-order valence-corrected chi connectivity index (χ0v) is 13.7. The SMILES string of the molecule is C=CCN(CCO)C(=O)Nc1ccc(SC(C)(C)C)cc1. The molecule has 5 heteroatoms. The second kappa shape index (κ2) is 8.10. The molecule has 0 bridgehead atoms. The van der Waals surface area contributed by atoms with E-state index < -0.39 is 0 Å². The number of benzene rings is 1. The van der Waals surface area contributed by atoms with Crippen molar-refractivity contribution >= 4 is 23.5 Å². The average molecular weight is 308 g/mol. The predicted octanol–water partition coefficient (Wildman–Crippen LogP) is 3.59. The van der Waals surface area contributed by atoms with Crippen molar-refractivity contribution in [1.29, 1.82) is 0 Å². The molecule has 0 fully saturated rings. The maximum atomic E-state index is 12.1. The topological polar surface area (TPSA) is 52.6 Å². The zero-order chi connectivity index (χ0) is 15.9. The summed E-state index contributed by atoms with van der Waals surface area (Å²) in [6.45, 7) is 10.7. The molecular weight excluding hydrogens is 284 g/mol. The molecule has 0 spiro atoms. The van der Waals surface area contributed by atoms with E-state index in [9.17, 15) is 4.79 Å². The Morgan fingerprint density at radius 3 is 2.48 bits per heavy atom. The highest BCUT2D eigenvalue weighted by molar-refractivity contribution is 8.00. The van der Waals surface area contributed by atoms with Crippen molar-refractivity contribution < 1.29 is 9.90 Å². The van der Waals surface area contributed by atoms with Gasteiger partial charge in [-0.2, -0.15) is 0 Å². The van der Waals surface area contributed by atoms with Crippen molar-refractivity contribution in [2.24, 2.45) is 0 Å². The number of nitrogens with zero attached hydrogens (tertiary/aromatic N) is 1. The van der Waals surface area contributed by atoms with Gasteiger partial charge in [-0.3, -0.25) is 0 Å². The first-order chi connectivity index (χ1) is 9.85. The molecule has 0 heterocycles. The number of anilines is 1. The Balaban J connectivity index is 2.65. The van der Waals surface area contributed by atoms with Crippen molar-refractivity contribution in [2.75, 3.05) is 25.0 Å². The molecule has 2 amide bonds. The fourth-order valence-corrected chi connectivity index (χ4v) is 2.69. The Kier molecular flexibility index (Phi) is 6.78. The molecule has 1 aromatic rings. The Morgan fingerprint density at radius 2 is 2.00 bits per heavy atom. The number of rotatable bonds is 6. The minimum absolute atomic E-state index is 0.0670. The normalized spacial score (nSPS) is 11.0. The summed E-state index contributed by atoms with van der Waals surface area (Å²) in [4.78, 5) is 14.7. The van der Waals surface area contributed by atoms with Crippen LogP contribution in [0.4, 0.5) is 10.5 Å². The second-order valence-corrected chi connectivity index (χ2v) is 7.53. The van der Waals surface area contributed by atoms with E-state index >= 15 is 0 Å². The van der Waals surface area contributed by atoms with Crippen LogP contribution >= 0.6 is 11.8 Å². The van der Waals surface area contributed by atoms with Crippen LogP contribution < -0.4 is 5.32 Å². The third-order valence-electron chi connectivity index (χ3n) is 2.54. The molecule has 0 unspecified atom stereocenters. The lowest BCUT2D eigenvalue weighted by Crippen LogP contribution is -2.37. The monoisotopic (exact) mass is 308 g/mol. The average Bonchev–Trinajstić information content (AvgIpc) is 2.39. The van der Waals surface area contributed by atoms with Crippen LogP contribution in [0.3, 0.4) is 0 Å². The quantitative estimate of drug-likeness (QED) is 0.624. The molecule has 0 aliphatic rings. The van der Waals surface area contributed by atoms with Crippen LogP contribution in [0.25, 0.3) is 0 Å². The summed E-state index contributed by atoms with van der Waals surface area (Å²) in [5.41, 5.74) is 0.741. The van der Waals surface area contributed by atoms with Crippen molar-refractivity contribution in [3.8, 4) is 0 Å². The van der Waals surface area contributed by atoms with E-state index in [1.165, 1.54) is 9.80 Å². The van der Waals surface area contributed by atoms with E-state index in [0.29, 0.717) is 6.54 Å². The molecule has 0 aromatic heterocycles. The lowest BCUT2D eigenvalue weighted by atomic mass is 10.3. The zero-order valence-electron chi connectivity index (χ0n) is 12.9. The van der Waals surface area contributed by atoms with Gasteiger partial charge < -0.3 is 15.3 Å². The van der Waals surface area contributed by atoms with E-state index in [1.54, 1.807) is 17.8 Å². The molecule has 1 aromatic carbocycles. The molecule has 0 saturated carbocycles. The third-order valence-corrected chi connectivity index (χ3v) is 3.66. The molecule has 21 heavy (non-hydrogen) atoms. The number of thioether (sulfide) groups is 1. The highest BCUT2D eigenvalue weighted by Gasteiger charge is 2.13. The number of hydrogen-bond donors (Lipinski definition) is 2. The minimum Gasteiger partial charge on any atom is -0.395 e. The van der Waals surface area contributed by atoms with Gasteiger partial charge >= 0.3 is 6.03 Å². The number of urea groups is 1. The first-order valence-electron chi connectivity index (χ1n) is 6.92. The number of aliphatic hydroxyl groups is 1. The highest BCUT2D eigenvalue weighted by atomic mass is 32.2. The van der Waals surface area contributed by atoms with Crippen molar-refractivity contribution in [3.05, 3.63) is 36.9 Å². The summed E-state index contributed by atoms with van der Waals surface area (Å²) in [7, 11) is 0. The van der Waals surface area contributed by atoms with E-state index in [2.05, 4.69) is 32.7 Å². The van der Waals surface area contributed by atoms with E-state index in [-0.39, 0.29) is 23.9 Å². The molecule has 0 atom stereocenters. The first kappa shape index (κ1) is 17.6. The number of nitrogens with one attached hydrogen (secondary N) is 1. The van der Waals surface area contributed by atoms with E-state index in [1.807, 2.05) is 24.3 Å². The van der Waals surface area contributed by atoms with Gasteiger partial charge in [0.25, 0.3) is 0 Å². The summed E-state index contributed by atoms with van der Waals surface area (Å²) < 4.78 is 0.159. The fourth-order valence-electron chi connectivity index (χ4n) is 1.71. The lowest BCUT2D eigenvalue weighted by molar-refractivity contribution is 0.195. The van der Waals surface area contributed by atoms with Gasteiger partial charge in [-0.15, -0.1) is 18.3 Å². The van der Waals surface area contributed by atoms with Crippen LogP contribution in [0.15, 0.2) is 41.8 Å². The van der Waals surface area contributed by atoms with Crippen molar-refractivity contribution in [2.45, 2.75) is 30.4 Å². The number of carbonyl (C=O) groups excluding carboxylic acids is 1. The van der Waals surface area contributed by atoms with Gasteiger partial charge in [-0.25, -0.2) is 4.79 Å². The summed E-state index contributed by atoms with van der Waals surface area (Å²) in [6.07, 6.45) is 1.64. The van der Waals surface area contributed by atoms with E-state index in [4.69, 9.17) is 5.11 Å². The van der Waals surface area contributed by atoms with Crippen LogP contribution in [0.2, 0.25) is 0 Å². The van der Waals surface area contributed by atoms with Crippen LogP contribution in [-0.2, 0) is 0 Å². The molecule has 0 aliphatic carbocycles. The Bertz CT molecular complexity index is 466. The molecule has 1 rings (SSSR count). The smallest absolute Gasteiger partial charge is 0.322 e. The standard InChI is InChI=1S/C16H24N2O2S/c1-5-10-18(11-12-19)15(20)17-13-6-8-14(9-7-13)21-16(2,3)4/h5-9,19H,1,10-12H2,2-4H3,(H,17,20). The second-order valence-electron chi connectivity index (χ2n) is 5.63. The third kappa shape index (κ3) is 6.69. The molecule has 0 radical (unpaired) electrons. The summed E-state index contributed by atoms with van der Waals surface area (Å²) in [6, 6.07) is 7.53. The molecule has 2 N–H and O–H groups in total. The molecule has 0 aliphatic heterocycles.